The number of ether oxygens (including phenoxy) is 1. The molecule has 0 bridgehead atoms. The molecule has 0 radical (unpaired) electrons. The van der Waals surface area contributed by atoms with Crippen molar-refractivity contribution in [2.45, 2.75) is 13.5 Å². The zero-order valence-electron chi connectivity index (χ0n) is 15.7. The van der Waals surface area contributed by atoms with Crippen molar-refractivity contribution in [1.82, 2.24) is 0 Å². The van der Waals surface area contributed by atoms with Crippen LogP contribution in [0.5, 0.6) is 5.75 Å². The lowest BCUT2D eigenvalue weighted by atomic mass is 10.2. The highest BCUT2D eigenvalue weighted by Crippen LogP contribution is 2.27. The third kappa shape index (κ3) is 5.35. The number of hydrogen-bond acceptors (Lipinski definition) is 3. The summed E-state index contributed by atoms with van der Waals surface area (Å²) in [6.45, 7) is 2.72. The van der Waals surface area contributed by atoms with Crippen LogP contribution in [0.3, 0.4) is 0 Å². The number of hydrogen-bond donors (Lipinski definition) is 1. The number of amides is 1. The Labute approximate surface area is 160 Å². The normalized spacial score (nSPS) is 10.3. The van der Waals surface area contributed by atoms with Crippen molar-refractivity contribution in [1.29, 1.82) is 0 Å². The van der Waals surface area contributed by atoms with E-state index in [0.717, 1.165) is 16.8 Å². The van der Waals surface area contributed by atoms with Gasteiger partial charge in [0.05, 0.1) is 12.2 Å². The Balaban J connectivity index is 1.66. The predicted molar refractivity (Wildman–Crippen MR) is 110 cm³/mol. The maximum Gasteiger partial charge on any atom is 0.243 e. The number of aryl methyl sites for hydroxylation is 1. The molecule has 0 aromatic heterocycles. The smallest absolute Gasteiger partial charge is 0.243 e. The molecule has 4 heteroatoms. The van der Waals surface area contributed by atoms with Crippen LogP contribution in [0.25, 0.3) is 0 Å². The number of nitrogens with one attached hydrogen (secondary N) is 1. The average Bonchev–Trinajstić information content (AvgIpc) is 2.69. The van der Waals surface area contributed by atoms with E-state index in [2.05, 4.69) is 5.32 Å². The van der Waals surface area contributed by atoms with Crippen LogP contribution in [-0.4, -0.2) is 19.5 Å². The van der Waals surface area contributed by atoms with Crippen LogP contribution in [0.2, 0.25) is 0 Å². The maximum absolute atomic E-state index is 12.5. The molecule has 0 heterocycles. The third-order valence-corrected chi connectivity index (χ3v) is 4.23. The second kappa shape index (κ2) is 8.90. The molecular formula is C23H24N2O2. The van der Waals surface area contributed by atoms with E-state index in [9.17, 15) is 4.79 Å². The lowest BCUT2D eigenvalue weighted by Gasteiger charge is -2.19. The van der Waals surface area contributed by atoms with E-state index in [4.69, 9.17) is 4.74 Å². The molecule has 1 N–H and O–H groups in total. The molecule has 0 saturated heterocycles. The monoisotopic (exact) mass is 360 g/mol. The van der Waals surface area contributed by atoms with Gasteiger partial charge in [0.1, 0.15) is 12.4 Å². The SMILES string of the molecule is Cc1ccc(NC(=O)CN(C)c2ccccc2)c(OCc2ccccc2)c1. The summed E-state index contributed by atoms with van der Waals surface area (Å²) in [7, 11) is 1.90. The van der Waals surface area contributed by atoms with E-state index < -0.39 is 0 Å². The molecule has 0 saturated carbocycles. The summed E-state index contributed by atoms with van der Waals surface area (Å²) in [5, 5.41) is 2.97. The van der Waals surface area contributed by atoms with E-state index in [1.165, 1.54) is 0 Å². The Kier molecular flexibility index (Phi) is 6.10. The Morgan fingerprint density at radius 1 is 0.963 bits per heavy atom. The van der Waals surface area contributed by atoms with Gasteiger partial charge in [-0.2, -0.15) is 0 Å². The highest BCUT2D eigenvalue weighted by Gasteiger charge is 2.11. The lowest BCUT2D eigenvalue weighted by Crippen LogP contribution is -2.30. The van der Waals surface area contributed by atoms with Crippen molar-refractivity contribution in [3.63, 3.8) is 0 Å². The zero-order valence-corrected chi connectivity index (χ0v) is 15.7. The second-order valence-electron chi connectivity index (χ2n) is 6.51. The molecule has 27 heavy (non-hydrogen) atoms. The predicted octanol–water partition coefficient (Wildman–Crippen LogP) is 4.65. The van der Waals surface area contributed by atoms with Gasteiger partial charge in [-0.05, 0) is 42.3 Å². The Morgan fingerprint density at radius 2 is 1.63 bits per heavy atom. The first-order valence-corrected chi connectivity index (χ1v) is 8.95. The van der Waals surface area contributed by atoms with Crippen molar-refractivity contribution >= 4 is 17.3 Å². The molecule has 0 aliphatic carbocycles. The molecule has 138 valence electrons. The van der Waals surface area contributed by atoms with Gasteiger partial charge in [0.15, 0.2) is 0 Å². The first-order valence-electron chi connectivity index (χ1n) is 8.95. The summed E-state index contributed by atoms with van der Waals surface area (Å²) in [6.07, 6.45) is 0. The number of carbonyl (C=O) groups is 1. The molecule has 3 aromatic carbocycles. The Morgan fingerprint density at radius 3 is 2.33 bits per heavy atom. The molecule has 0 fully saturated rings. The molecule has 3 aromatic rings. The fourth-order valence-electron chi connectivity index (χ4n) is 2.77. The minimum atomic E-state index is -0.0882. The summed E-state index contributed by atoms with van der Waals surface area (Å²) >= 11 is 0. The number of nitrogens with zero attached hydrogens (tertiary/aromatic N) is 1. The Hall–Kier alpha value is -3.27. The van der Waals surface area contributed by atoms with E-state index in [-0.39, 0.29) is 12.5 Å². The van der Waals surface area contributed by atoms with Gasteiger partial charge < -0.3 is 15.0 Å². The molecule has 0 aliphatic heterocycles. The largest absolute Gasteiger partial charge is 0.487 e. The van der Waals surface area contributed by atoms with Gasteiger partial charge in [-0.25, -0.2) is 0 Å². The van der Waals surface area contributed by atoms with E-state index in [0.29, 0.717) is 18.0 Å². The standard InChI is InChI=1S/C23H24N2O2/c1-18-13-14-21(22(15-18)27-17-19-9-5-3-6-10-19)24-23(26)16-25(2)20-11-7-4-8-12-20/h3-15H,16-17H2,1-2H3,(H,24,26). The summed E-state index contributed by atoms with van der Waals surface area (Å²) in [4.78, 5) is 14.4. The van der Waals surface area contributed by atoms with Crippen LogP contribution in [-0.2, 0) is 11.4 Å². The summed E-state index contributed by atoms with van der Waals surface area (Å²) in [6, 6.07) is 25.6. The molecule has 4 nitrogen and oxygen atoms in total. The lowest BCUT2D eigenvalue weighted by molar-refractivity contribution is -0.114. The summed E-state index contributed by atoms with van der Waals surface area (Å²) < 4.78 is 5.97. The van der Waals surface area contributed by atoms with Crippen molar-refractivity contribution in [2.24, 2.45) is 0 Å². The van der Waals surface area contributed by atoms with Gasteiger partial charge in [-0.1, -0.05) is 54.6 Å². The fourth-order valence-corrected chi connectivity index (χ4v) is 2.77. The molecule has 0 spiro atoms. The highest BCUT2D eigenvalue weighted by atomic mass is 16.5. The van der Waals surface area contributed by atoms with Crippen LogP contribution in [0.15, 0.2) is 78.9 Å². The van der Waals surface area contributed by atoms with Gasteiger partial charge in [0.2, 0.25) is 5.91 Å². The van der Waals surface area contributed by atoms with Crippen LogP contribution >= 0.6 is 0 Å². The maximum atomic E-state index is 12.5. The summed E-state index contributed by atoms with van der Waals surface area (Å²) in [5.41, 5.74) is 3.85. The van der Waals surface area contributed by atoms with Crippen LogP contribution in [0.1, 0.15) is 11.1 Å². The highest BCUT2D eigenvalue weighted by molar-refractivity contribution is 5.95. The van der Waals surface area contributed by atoms with Gasteiger partial charge in [-0.3, -0.25) is 4.79 Å². The van der Waals surface area contributed by atoms with E-state index in [1.807, 2.05) is 97.7 Å². The third-order valence-electron chi connectivity index (χ3n) is 4.23. The second-order valence-corrected chi connectivity index (χ2v) is 6.51. The Bertz CT molecular complexity index is 879. The number of anilines is 2. The number of benzene rings is 3. The summed E-state index contributed by atoms with van der Waals surface area (Å²) in [5.74, 6) is 0.587. The van der Waals surface area contributed by atoms with Crippen molar-refractivity contribution in [2.75, 3.05) is 23.8 Å². The van der Waals surface area contributed by atoms with Gasteiger partial charge in [-0.15, -0.1) is 0 Å². The molecular weight excluding hydrogens is 336 g/mol. The number of rotatable bonds is 7. The molecule has 0 atom stereocenters. The minimum Gasteiger partial charge on any atom is -0.487 e. The molecule has 0 unspecified atom stereocenters. The molecule has 1 amide bonds. The van der Waals surface area contributed by atoms with Gasteiger partial charge in [0, 0.05) is 12.7 Å². The van der Waals surface area contributed by atoms with Gasteiger partial charge >= 0.3 is 0 Å². The quantitative estimate of drug-likeness (QED) is 0.667. The fraction of sp³-hybridized carbons (Fsp3) is 0.174. The number of likely N-dealkylation sites (N-methyl/N-ethyl adjacent to an activating group) is 1. The van der Waals surface area contributed by atoms with Crippen LogP contribution in [0.4, 0.5) is 11.4 Å². The van der Waals surface area contributed by atoms with Crippen molar-refractivity contribution in [3.8, 4) is 5.75 Å². The van der Waals surface area contributed by atoms with E-state index >= 15 is 0 Å². The number of para-hydroxylation sites is 1. The van der Waals surface area contributed by atoms with E-state index in [1.54, 1.807) is 0 Å². The van der Waals surface area contributed by atoms with Crippen LogP contribution in [0, 0.1) is 6.92 Å². The van der Waals surface area contributed by atoms with Gasteiger partial charge in [0.25, 0.3) is 0 Å². The topological polar surface area (TPSA) is 41.6 Å². The molecule has 0 aliphatic rings. The first kappa shape index (κ1) is 18.5. The van der Waals surface area contributed by atoms with Crippen molar-refractivity contribution in [3.05, 3.63) is 90.0 Å². The number of carbonyl (C=O) groups excluding carboxylic acids is 1. The van der Waals surface area contributed by atoms with Crippen molar-refractivity contribution < 1.29 is 9.53 Å². The average molecular weight is 360 g/mol. The first-order chi connectivity index (χ1) is 13.1. The zero-order chi connectivity index (χ0) is 19.1. The minimum absolute atomic E-state index is 0.0882. The van der Waals surface area contributed by atoms with Crippen LogP contribution < -0.4 is 15.0 Å². The molecule has 3 rings (SSSR count).